The second kappa shape index (κ2) is 7.65. The first-order chi connectivity index (χ1) is 18.9. The summed E-state index contributed by atoms with van der Waals surface area (Å²) in [6.45, 7) is 2.59. The van der Waals surface area contributed by atoms with Gasteiger partial charge in [-0.3, -0.25) is 4.79 Å². The van der Waals surface area contributed by atoms with Gasteiger partial charge in [0.1, 0.15) is 23.8 Å². The minimum atomic E-state index is -0.862. The first kappa shape index (κ1) is 23.1. The van der Waals surface area contributed by atoms with Crippen LogP contribution in [0, 0.1) is 0 Å². The van der Waals surface area contributed by atoms with Crippen molar-refractivity contribution >= 4 is 49.5 Å². The lowest BCUT2D eigenvalue weighted by molar-refractivity contribution is -0.256. The van der Waals surface area contributed by atoms with Gasteiger partial charge in [-0.15, -0.1) is 0 Å². The molecule has 2 aromatic heterocycles. The largest absolute Gasteiger partial charge is 0.497 e. The molecule has 3 aliphatic heterocycles. The highest BCUT2D eigenvalue weighted by Gasteiger charge is 2.53. The number of carbonyl (C=O) groups excluding carboxylic acids is 1. The maximum atomic E-state index is 13.5. The van der Waals surface area contributed by atoms with Crippen LogP contribution in [0.1, 0.15) is 35.5 Å². The van der Waals surface area contributed by atoms with Crippen LogP contribution < -0.4 is 20.1 Å². The highest BCUT2D eigenvalue weighted by atomic mass is 16.6. The molecular formula is C30H30N4O5. The molecule has 1 fully saturated rings. The Kier molecular flexibility index (Phi) is 4.54. The minimum Gasteiger partial charge on any atom is -0.497 e. The van der Waals surface area contributed by atoms with Crippen molar-refractivity contribution in [1.29, 1.82) is 0 Å². The monoisotopic (exact) mass is 526 g/mol. The predicted octanol–water partition coefficient (Wildman–Crippen LogP) is 4.37. The van der Waals surface area contributed by atoms with Crippen LogP contribution in [0.3, 0.4) is 0 Å². The zero-order valence-corrected chi connectivity index (χ0v) is 22.5. The average molecular weight is 527 g/mol. The summed E-state index contributed by atoms with van der Waals surface area (Å²) in [5, 5.41) is 10.7. The van der Waals surface area contributed by atoms with Crippen LogP contribution in [0.2, 0.25) is 0 Å². The molecule has 1 saturated heterocycles. The Morgan fingerprint density at radius 3 is 2.36 bits per heavy atom. The SMILES string of the molecule is CN[C@@H]1C[C@H]2O[C@@](C)([C@@H]1OC)n1c3cc(OC)ccc3c3c4c(c5c6ccc(OC)cc6n2c5c31)C(=O)NC4. The second-order valence-electron chi connectivity index (χ2n) is 10.9. The first-order valence-electron chi connectivity index (χ1n) is 13.3. The number of carbonyl (C=O) groups is 1. The van der Waals surface area contributed by atoms with E-state index in [-0.39, 0.29) is 24.3 Å². The Labute approximate surface area is 224 Å². The van der Waals surface area contributed by atoms with Crippen molar-refractivity contribution in [2.75, 3.05) is 28.4 Å². The van der Waals surface area contributed by atoms with Crippen LogP contribution in [0.4, 0.5) is 0 Å². The smallest absolute Gasteiger partial charge is 0.252 e. The van der Waals surface area contributed by atoms with E-state index in [2.05, 4.69) is 51.0 Å². The number of benzene rings is 3. The van der Waals surface area contributed by atoms with Gasteiger partial charge in [-0.25, -0.2) is 0 Å². The summed E-state index contributed by atoms with van der Waals surface area (Å²) in [6.07, 6.45) is 0.104. The summed E-state index contributed by atoms with van der Waals surface area (Å²) < 4.78 is 29.3. The highest BCUT2D eigenvalue weighted by Crippen LogP contribution is 2.54. The van der Waals surface area contributed by atoms with Gasteiger partial charge in [-0.1, -0.05) is 0 Å². The topological polar surface area (TPSA) is 87.9 Å². The van der Waals surface area contributed by atoms with Gasteiger partial charge in [0.05, 0.1) is 41.8 Å². The molecule has 1 amide bonds. The number of likely N-dealkylation sites (N-methyl/N-ethyl adjacent to an activating group) is 1. The zero-order valence-electron chi connectivity index (χ0n) is 22.5. The number of rotatable bonds is 4. The van der Waals surface area contributed by atoms with Crippen molar-refractivity contribution < 1.29 is 23.7 Å². The van der Waals surface area contributed by atoms with Gasteiger partial charge in [-0.05, 0) is 43.8 Å². The van der Waals surface area contributed by atoms with Crippen LogP contribution in [0.25, 0.3) is 43.6 Å². The summed E-state index contributed by atoms with van der Waals surface area (Å²) in [6, 6.07) is 12.2. The van der Waals surface area contributed by atoms with Gasteiger partial charge in [0.2, 0.25) is 0 Å². The molecule has 8 rings (SSSR count). The van der Waals surface area contributed by atoms with Crippen LogP contribution in [0.15, 0.2) is 36.4 Å². The Morgan fingerprint density at radius 2 is 1.69 bits per heavy atom. The van der Waals surface area contributed by atoms with Gasteiger partial charge in [0, 0.05) is 59.8 Å². The van der Waals surface area contributed by atoms with E-state index in [1.165, 1.54) is 0 Å². The fraction of sp³-hybridized carbons (Fsp3) is 0.367. The molecule has 4 atom stereocenters. The molecule has 0 spiro atoms. The maximum absolute atomic E-state index is 13.5. The van der Waals surface area contributed by atoms with E-state index in [0.29, 0.717) is 13.0 Å². The molecule has 3 aliphatic rings. The maximum Gasteiger partial charge on any atom is 0.252 e. The van der Waals surface area contributed by atoms with E-state index in [9.17, 15) is 4.79 Å². The van der Waals surface area contributed by atoms with E-state index >= 15 is 0 Å². The Morgan fingerprint density at radius 1 is 1.00 bits per heavy atom. The number of methoxy groups -OCH3 is 3. The van der Waals surface area contributed by atoms with Gasteiger partial charge in [0.25, 0.3) is 5.91 Å². The number of hydrogen-bond acceptors (Lipinski definition) is 6. The Balaban J connectivity index is 1.70. The zero-order chi connectivity index (χ0) is 26.8. The van der Waals surface area contributed by atoms with E-state index in [1.54, 1.807) is 21.3 Å². The predicted molar refractivity (Wildman–Crippen MR) is 149 cm³/mol. The van der Waals surface area contributed by atoms with Crippen LogP contribution in [-0.2, 0) is 21.7 Å². The first-order valence-corrected chi connectivity index (χ1v) is 13.3. The molecule has 200 valence electrons. The second-order valence-corrected chi connectivity index (χ2v) is 10.9. The third kappa shape index (κ3) is 2.63. The van der Waals surface area contributed by atoms with Crippen molar-refractivity contribution in [3.05, 3.63) is 47.5 Å². The lowest BCUT2D eigenvalue weighted by Gasteiger charge is -2.48. The molecule has 0 saturated carbocycles. The summed E-state index contributed by atoms with van der Waals surface area (Å²) in [5.74, 6) is 1.47. The molecule has 39 heavy (non-hydrogen) atoms. The van der Waals surface area contributed by atoms with Crippen molar-refractivity contribution in [3.8, 4) is 11.5 Å². The highest BCUT2D eigenvalue weighted by molar-refractivity contribution is 6.31. The van der Waals surface area contributed by atoms with E-state index in [4.69, 9.17) is 18.9 Å². The van der Waals surface area contributed by atoms with Crippen LogP contribution >= 0.6 is 0 Å². The van der Waals surface area contributed by atoms with Gasteiger partial charge >= 0.3 is 0 Å². The molecule has 3 aromatic carbocycles. The molecule has 5 heterocycles. The number of amides is 1. The number of fused-ring (bicyclic) bond motifs is 13. The summed E-state index contributed by atoms with van der Waals surface area (Å²) in [7, 11) is 7.08. The number of nitrogens with one attached hydrogen (secondary N) is 2. The summed E-state index contributed by atoms with van der Waals surface area (Å²) in [4.78, 5) is 13.5. The standard InChI is InChI=1S/C30H30N4O5/c1-30-28(38-5)19(31-2)12-22(39-30)33-20-10-14(36-3)6-8-16(20)24-25-18(13-32-29(25)35)23-17-9-7-15(37-4)11-21(17)34(30)27(23)26(24)33/h6-11,19,22,28,31H,12-13H2,1-5H3,(H,32,35)/t19-,22-,28-,30+/m1/s1. The lowest BCUT2D eigenvalue weighted by Crippen LogP contribution is -2.59. The quantitative estimate of drug-likeness (QED) is 0.362. The van der Waals surface area contributed by atoms with E-state index < -0.39 is 5.72 Å². The molecule has 0 aliphatic carbocycles. The molecule has 9 heteroatoms. The third-order valence-corrected chi connectivity index (χ3v) is 9.20. The molecule has 5 aromatic rings. The van der Waals surface area contributed by atoms with Crippen molar-refractivity contribution in [2.24, 2.45) is 0 Å². The fourth-order valence-corrected chi connectivity index (χ4v) is 7.64. The van der Waals surface area contributed by atoms with Gasteiger partial charge in [0.15, 0.2) is 5.72 Å². The van der Waals surface area contributed by atoms with Gasteiger partial charge < -0.3 is 38.7 Å². The Hall–Kier alpha value is -3.79. The summed E-state index contributed by atoms with van der Waals surface area (Å²) in [5.41, 5.74) is 4.91. The number of hydrogen-bond donors (Lipinski definition) is 2. The number of aromatic nitrogens is 2. The lowest BCUT2D eigenvalue weighted by atomic mass is 9.93. The van der Waals surface area contributed by atoms with Crippen molar-refractivity contribution in [1.82, 2.24) is 19.8 Å². The van der Waals surface area contributed by atoms with Crippen molar-refractivity contribution in [3.63, 3.8) is 0 Å². The molecule has 2 bridgehead atoms. The molecule has 9 nitrogen and oxygen atoms in total. The normalized spacial score (nSPS) is 25.6. The molecule has 0 radical (unpaired) electrons. The Bertz CT molecular complexity index is 1890. The van der Waals surface area contributed by atoms with E-state index in [0.717, 1.165) is 66.2 Å². The van der Waals surface area contributed by atoms with Crippen LogP contribution in [-0.4, -0.2) is 55.6 Å². The van der Waals surface area contributed by atoms with Gasteiger partial charge in [-0.2, -0.15) is 0 Å². The van der Waals surface area contributed by atoms with Crippen LogP contribution in [0.5, 0.6) is 11.5 Å². The van der Waals surface area contributed by atoms with Crippen molar-refractivity contribution in [2.45, 2.75) is 44.0 Å². The number of nitrogens with zero attached hydrogens (tertiary/aromatic N) is 2. The molecule has 0 unspecified atom stereocenters. The number of ether oxygens (including phenoxy) is 4. The molecule has 2 N–H and O–H groups in total. The summed E-state index contributed by atoms with van der Waals surface area (Å²) >= 11 is 0. The third-order valence-electron chi connectivity index (χ3n) is 9.20. The molecular weight excluding hydrogens is 496 g/mol. The van der Waals surface area contributed by atoms with E-state index in [1.807, 2.05) is 19.2 Å². The average Bonchev–Trinajstić information content (AvgIpc) is 3.59. The minimum absolute atomic E-state index is 0.0134. The fourth-order valence-electron chi connectivity index (χ4n) is 7.64.